The van der Waals surface area contributed by atoms with E-state index in [9.17, 15) is 13.6 Å². The first-order chi connectivity index (χ1) is 10.3. The van der Waals surface area contributed by atoms with Crippen LogP contribution in [0, 0.1) is 11.6 Å². The van der Waals surface area contributed by atoms with Gasteiger partial charge in [-0.15, -0.1) is 0 Å². The molecular weight excluding hydrogens is 290 g/mol. The van der Waals surface area contributed by atoms with Gasteiger partial charge in [-0.1, -0.05) is 12.1 Å². The maximum absolute atomic E-state index is 13.9. The smallest absolute Gasteiger partial charge is 0.407 e. The van der Waals surface area contributed by atoms with Crippen LogP contribution in [0.1, 0.15) is 45.2 Å². The summed E-state index contributed by atoms with van der Waals surface area (Å²) in [6.07, 6.45) is 0.713. The topological polar surface area (TPSA) is 50.4 Å². The van der Waals surface area contributed by atoms with Gasteiger partial charge < -0.3 is 15.4 Å². The molecule has 1 fully saturated rings. The fourth-order valence-electron chi connectivity index (χ4n) is 2.55. The van der Waals surface area contributed by atoms with Gasteiger partial charge in [-0.05, 0) is 46.2 Å². The highest BCUT2D eigenvalue weighted by molar-refractivity contribution is 5.68. The summed E-state index contributed by atoms with van der Waals surface area (Å²) in [4.78, 5) is 11.8. The van der Waals surface area contributed by atoms with Crippen molar-refractivity contribution in [3.63, 3.8) is 0 Å². The zero-order valence-corrected chi connectivity index (χ0v) is 13.1. The molecule has 2 atom stereocenters. The van der Waals surface area contributed by atoms with Gasteiger partial charge in [-0.3, -0.25) is 0 Å². The molecule has 0 aromatic heterocycles. The Morgan fingerprint density at radius 2 is 2.09 bits per heavy atom. The highest BCUT2D eigenvalue weighted by Crippen LogP contribution is 2.26. The van der Waals surface area contributed by atoms with Crippen molar-refractivity contribution in [3.8, 4) is 0 Å². The Bertz CT molecular complexity index is 543. The van der Waals surface area contributed by atoms with Crippen LogP contribution in [0.3, 0.4) is 0 Å². The summed E-state index contributed by atoms with van der Waals surface area (Å²) < 4.78 is 32.4. The standard InChI is InChI=1S/C16H22F2N2O2/c1-16(2,3)22-15(21)20-10-7-8-19-13(9-10)11-5-4-6-12(17)14(11)18/h4-6,10,13,19H,7-9H2,1-3H3,(H,20,21). The third kappa shape index (κ3) is 4.40. The van der Waals surface area contributed by atoms with E-state index in [0.29, 0.717) is 19.4 Å². The summed E-state index contributed by atoms with van der Waals surface area (Å²) >= 11 is 0. The molecule has 1 amide bonds. The highest BCUT2D eigenvalue weighted by Gasteiger charge is 2.28. The molecule has 1 heterocycles. The van der Waals surface area contributed by atoms with Crippen LogP contribution < -0.4 is 10.6 Å². The second-order valence-corrected chi connectivity index (χ2v) is 6.52. The van der Waals surface area contributed by atoms with E-state index in [1.165, 1.54) is 6.07 Å². The summed E-state index contributed by atoms with van der Waals surface area (Å²) in [7, 11) is 0. The Morgan fingerprint density at radius 1 is 1.36 bits per heavy atom. The molecule has 6 heteroatoms. The molecule has 0 aliphatic carbocycles. The fourth-order valence-corrected chi connectivity index (χ4v) is 2.55. The number of piperidine rings is 1. The van der Waals surface area contributed by atoms with Gasteiger partial charge in [0.25, 0.3) is 0 Å². The van der Waals surface area contributed by atoms with Crippen molar-refractivity contribution in [3.05, 3.63) is 35.4 Å². The van der Waals surface area contributed by atoms with Crippen LogP contribution >= 0.6 is 0 Å². The number of ether oxygens (including phenoxy) is 1. The van der Waals surface area contributed by atoms with E-state index < -0.39 is 23.3 Å². The van der Waals surface area contributed by atoms with E-state index in [1.54, 1.807) is 26.8 Å². The van der Waals surface area contributed by atoms with Crippen LogP contribution in [-0.4, -0.2) is 24.3 Å². The molecule has 22 heavy (non-hydrogen) atoms. The Morgan fingerprint density at radius 3 is 2.77 bits per heavy atom. The number of hydrogen-bond acceptors (Lipinski definition) is 3. The first-order valence-corrected chi connectivity index (χ1v) is 7.43. The molecule has 122 valence electrons. The zero-order chi connectivity index (χ0) is 16.3. The number of hydrogen-bond donors (Lipinski definition) is 2. The molecule has 1 aliphatic heterocycles. The molecule has 1 aliphatic rings. The van der Waals surface area contributed by atoms with E-state index in [0.717, 1.165) is 6.07 Å². The van der Waals surface area contributed by atoms with Crippen LogP contribution in [0.25, 0.3) is 0 Å². The monoisotopic (exact) mass is 312 g/mol. The van der Waals surface area contributed by atoms with Crippen LogP contribution in [0.15, 0.2) is 18.2 Å². The second-order valence-electron chi connectivity index (χ2n) is 6.52. The third-order valence-electron chi connectivity index (χ3n) is 3.48. The molecule has 0 saturated carbocycles. The number of halogens is 2. The lowest BCUT2D eigenvalue weighted by Gasteiger charge is -2.32. The van der Waals surface area contributed by atoms with Crippen molar-refractivity contribution in [2.45, 2.75) is 51.3 Å². The van der Waals surface area contributed by atoms with Gasteiger partial charge in [0.05, 0.1) is 0 Å². The predicted molar refractivity (Wildman–Crippen MR) is 79.5 cm³/mol. The van der Waals surface area contributed by atoms with Gasteiger partial charge in [0.2, 0.25) is 0 Å². The van der Waals surface area contributed by atoms with Crippen molar-refractivity contribution in [1.82, 2.24) is 10.6 Å². The summed E-state index contributed by atoms with van der Waals surface area (Å²) in [6, 6.07) is 3.68. The maximum Gasteiger partial charge on any atom is 0.407 e. The second kappa shape index (κ2) is 6.60. The lowest BCUT2D eigenvalue weighted by Crippen LogP contribution is -2.46. The van der Waals surface area contributed by atoms with E-state index in [1.807, 2.05) is 0 Å². The first-order valence-electron chi connectivity index (χ1n) is 7.43. The van der Waals surface area contributed by atoms with Gasteiger partial charge in [-0.25, -0.2) is 13.6 Å². The lowest BCUT2D eigenvalue weighted by atomic mass is 9.93. The van der Waals surface area contributed by atoms with Crippen molar-refractivity contribution < 1.29 is 18.3 Å². The number of carbonyl (C=O) groups excluding carboxylic acids is 1. The van der Waals surface area contributed by atoms with Crippen molar-refractivity contribution in [2.75, 3.05) is 6.54 Å². The number of rotatable bonds is 2. The summed E-state index contributed by atoms with van der Waals surface area (Å²) in [5.41, 5.74) is -0.277. The van der Waals surface area contributed by atoms with Gasteiger partial charge in [0.1, 0.15) is 5.60 Å². The Hall–Kier alpha value is -1.69. The van der Waals surface area contributed by atoms with Crippen LogP contribution in [0.2, 0.25) is 0 Å². The normalized spacial score (nSPS) is 22.2. The zero-order valence-electron chi connectivity index (χ0n) is 13.1. The van der Waals surface area contributed by atoms with Gasteiger partial charge >= 0.3 is 6.09 Å². The number of carbonyl (C=O) groups is 1. The van der Waals surface area contributed by atoms with Crippen molar-refractivity contribution >= 4 is 6.09 Å². The summed E-state index contributed by atoms with van der Waals surface area (Å²) in [6.45, 7) is 5.99. The van der Waals surface area contributed by atoms with E-state index in [-0.39, 0.29) is 17.6 Å². The van der Waals surface area contributed by atoms with E-state index >= 15 is 0 Å². The maximum atomic E-state index is 13.9. The first kappa shape index (κ1) is 16.7. The van der Waals surface area contributed by atoms with Crippen LogP contribution in [0.5, 0.6) is 0 Å². The van der Waals surface area contributed by atoms with Crippen LogP contribution in [0.4, 0.5) is 13.6 Å². The van der Waals surface area contributed by atoms with E-state index in [2.05, 4.69) is 10.6 Å². The molecule has 1 aromatic carbocycles. The lowest BCUT2D eigenvalue weighted by molar-refractivity contribution is 0.0489. The number of alkyl carbamates (subject to hydrolysis) is 1. The molecule has 2 rings (SSSR count). The SMILES string of the molecule is CC(C)(C)OC(=O)NC1CCNC(c2cccc(F)c2F)C1. The average Bonchev–Trinajstić information content (AvgIpc) is 2.40. The number of nitrogens with one attached hydrogen (secondary N) is 2. The van der Waals surface area contributed by atoms with Gasteiger partial charge in [0, 0.05) is 17.6 Å². The average molecular weight is 312 g/mol. The molecule has 1 aromatic rings. The van der Waals surface area contributed by atoms with Crippen molar-refractivity contribution in [2.24, 2.45) is 0 Å². The molecule has 1 saturated heterocycles. The molecule has 2 unspecified atom stereocenters. The number of benzene rings is 1. The van der Waals surface area contributed by atoms with Crippen molar-refractivity contribution in [1.29, 1.82) is 0 Å². The minimum Gasteiger partial charge on any atom is -0.444 e. The molecular formula is C16H22F2N2O2. The highest BCUT2D eigenvalue weighted by atomic mass is 19.2. The van der Waals surface area contributed by atoms with Gasteiger partial charge in [-0.2, -0.15) is 0 Å². The largest absolute Gasteiger partial charge is 0.444 e. The summed E-state index contributed by atoms with van der Waals surface area (Å²) in [5, 5.41) is 5.95. The molecule has 0 bridgehead atoms. The fraction of sp³-hybridized carbons (Fsp3) is 0.562. The molecule has 2 N–H and O–H groups in total. The Balaban J connectivity index is 2.00. The Kier molecular flexibility index (Phi) is 5.01. The predicted octanol–water partition coefficient (Wildman–Crippen LogP) is 3.28. The number of amides is 1. The molecule has 0 spiro atoms. The molecule has 4 nitrogen and oxygen atoms in total. The summed E-state index contributed by atoms with van der Waals surface area (Å²) in [5.74, 6) is -1.69. The minimum atomic E-state index is -0.860. The van der Waals surface area contributed by atoms with E-state index in [4.69, 9.17) is 4.74 Å². The Labute approximate surface area is 129 Å². The van der Waals surface area contributed by atoms with Crippen LogP contribution in [-0.2, 0) is 4.74 Å². The molecule has 0 radical (unpaired) electrons. The minimum absolute atomic E-state index is 0.135. The quantitative estimate of drug-likeness (QED) is 0.881. The van der Waals surface area contributed by atoms with Gasteiger partial charge in [0.15, 0.2) is 11.6 Å². The third-order valence-corrected chi connectivity index (χ3v) is 3.48.